The molecule has 1 unspecified atom stereocenters. The Balaban J connectivity index is 1.18. The lowest BCUT2D eigenvalue weighted by Gasteiger charge is -2.22. The van der Waals surface area contributed by atoms with Gasteiger partial charge in [-0.25, -0.2) is 4.72 Å². The molecule has 2 heterocycles. The lowest BCUT2D eigenvalue weighted by atomic mass is 10.2. The van der Waals surface area contributed by atoms with E-state index in [1.807, 2.05) is 47.4 Å². The fourth-order valence-corrected chi connectivity index (χ4v) is 5.58. The van der Waals surface area contributed by atoms with Crippen molar-refractivity contribution in [1.82, 2.24) is 14.8 Å². The van der Waals surface area contributed by atoms with E-state index >= 15 is 0 Å². The third kappa shape index (κ3) is 6.05. The van der Waals surface area contributed by atoms with Gasteiger partial charge in [0.25, 0.3) is 5.91 Å². The van der Waals surface area contributed by atoms with E-state index in [1.165, 1.54) is 5.56 Å². The number of anilines is 1. The zero-order chi connectivity index (χ0) is 25.6. The van der Waals surface area contributed by atoms with E-state index in [9.17, 15) is 9.35 Å². The van der Waals surface area contributed by atoms with Gasteiger partial charge in [-0.3, -0.25) is 14.7 Å². The number of hydrogen-bond acceptors (Lipinski definition) is 6. The summed E-state index contributed by atoms with van der Waals surface area (Å²) in [6, 6.07) is 24.8. The van der Waals surface area contributed by atoms with Crippen molar-refractivity contribution in [3.8, 4) is 5.75 Å². The van der Waals surface area contributed by atoms with Gasteiger partial charge < -0.3 is 14.2 Å². The van der Waals surface area contributed by atoms with Crippen molar-refractivity contribution in [2.45, 2.75) is 17.9 Å². The van der Waals surface area contributed by atoms with Gasteiger partial charge >= 0.3 is 0 Å². The molecule has 0 saturated carbocycles. The summed E-state index contributed by atoms with van der Waals surface area (Å²) >= 11 is -1.48. The number of amides is 1. The predicted octanol–water partition coefficient (Wildman–Crippen LogP) is 4.73. The Kier molecular flexibility index (Phi) is 7.89. The number of para-hydroxylation sites is 1. The second-order valence-electron chi connectivity index (χ2n) is 9.05. The quantitative estimate of drug-likeness (QED) is 0.359. The molecule has 0 spiro atoms. The molecule has 1 aromatic heterocycles. The molecule has 8 heteroatoms. The fourth-order valence-electron chi connectivity index (χ4n) is 4.57. The molecule has 1 saturated heterocycles. The zero-order valence-electron chi connectivity index (χ0n) is 20.8. The topological polar surface area (TPSA) is 80.8 Å². The first-order chi connectivity index (χ1) is 18.1. The van der Waals surface area contributed by atoms with Crippen LogP contribution in [-0.4, -0.2) is 58.5 Å². The molecule has 190 valence electrons. The normalized spacial score (nSPS) is 15.2. The molecule has 1 aliphatic rings. The fraction of sp³-hybridized carbons (Fsp3) is 0.241. The molecule has 1 amide bonds. The molecule has 37 heavy (non-hydrogen) atoms. The third-order valence-corrected chi connectivity index (χ3v) is 7.73. The number of pyridine rings is 1. The van der Waals surface area contributed by atoms with Crippen LogP contribution in [0.3, 0.4) is 0 Å². The molecular formula is C29H30N4O3S. The van der Waals surface area contributed by atoms with Gasteiger partial charge in [0.05, 0.1) is 12.8 Å². The van der Waals surface area contributed by atoms with E-state index in [0.717, 1.165) is 43.7 Å². The van der Waals surface area contributed by atoms with Crippen LogP contribution in [0, 0.1) is 0 Å². The number of aromatic nitrogens is 1. The highest BCUT2D eigenvalue weighted by Crippen LogP contribution is 2.24. The van der Waals surface area contributed by atoms with E-state index in [-0.39, 0.29) is 5.91 Å². The number of carbonyl (C=O) groups is 1. The first kappa shape index (κ1) is 25.1. The van der Waals surface area contributed by atoms with Crippen molar-refractivity contribution in [2.75, 3.05) is 38.0 Å². The summed E-state index contributed by atoms with van der Waals surface area (Å²) in [7, 11) is 1.67. The molecule has 1 N–H and O–H groups in total. The van der Waals surface area contributed by atoms with Crippen LogP contribution in [0.5, 0.6) is 5.75 Å². The summed E-state index contributed by atoms with van der Waals surface area (Å²) in [5.41, 5.74) is 3.27. The molecule has 5 rings (SSSR count). The number of ether oxygens (including phenoxy) is 1. The maximum Gasteiger partial charge on any atom is 0.253 e. The van der Waals surface area contributed by atoms with Gasteiger partial charge in [-0.05, 0) is 60.5 Å². The van der Waals surface area contributed by atoms with E-state index in [4.69, 9.17) is 4.74 Å². The second kappa shape index (κ2) is 11.6. The van der Waals surface area contributed by atoms with Crippen LogP contribution < -0.4 is 9.46 Å². The summed E-state index contributed by atoms with van der Waals surface area (Å²) < 4.78 is 21.3. The largest absolute Gasteiger partial charge is 0.588 e. The van der Waals surface area contributed by atoms with E-state index < -0.39 is 11.4 Å². The van der Waals surface area contributed by atoms with Crippen molar-refractivity contribution in [1.29, 1.82) is 0 Å². The van der Waals surface area contributed by atoms with Gasteiger partial charge in [0.1, 0.15) is 22.6 Å². The molecule has 1 fully saturated rings. The smallest absolute Gasteiger partial charge is 0.253 e. The number of benzene rings is 3. The number of fused-ring (bicyclic) bond motifs is 1. The molecule has 0 bridgehead atoms. The average Bonchev–Trinajstić information content (AvgIpc) is 3.18. The van der Waals surface area contributed by atoms with Gasteiger partial charge in [0, 0.05) is 49.9 Å². The Bertz CT molecular complexity index is 1340. The summed E-state index contributed by atoms with van der Waals surface area (Å²) in [6.45, 7) is 4.06. The highest BCUT2D eigenvalue weighted by molar-refractivity contribution is 7.93. The number of hydrogen-bond donors (Lipinski definition) is 1. The molecule has 3 aromatic carbocycles. The van der Waals surface area contributed by atoms with E-state index in [2.05, 4.69) is 26.7 Å². The lowest BCUT2D eigenvalue weighted by Crippen LogP contribution is -2.35. The first-order valence-corrected chi connectivity index (χ1v) is 13.5. The van der Waals surface area contributed by atoms with Crippen LogP contribution in [0.1, 0.15) is 22.3 Å². The molecule has 0 aliphatic carbocycles. The van der Waals surface area contributed by atoms with Crippen LogP contribution in [-0.2, 0) is 17.9 Å². The van der Waals surface area contributed by atoms with Gasteiger partial charge in [0.15, 0.2) is 0 Å². The minimum atomic E-state index is -1.48. The van der Waals surface area contributed by atoms with Crippen LogP contribution in [0.25, 0.3) is 10.9 Å². The van der Waals surface area contributed by atoms with Crippen LogP contribution in [0.4, 0.5) is 5.69 Å². The molecular weight excluding hydrogens is 484 g/mol. The van der Waals surface area contributed by atoms with Crippen molar-refractivity contribution < 1.29 is 14.1 Å². The molecule has 1 atom stereocenters. The van der Waals surface area contributed by atoms with Crippen molar-refractivity contribution in [3.05, 3.63) is 96.2 Å². The first-order valence-electron chi connectivity index (χ1n) is 12.4. The average molecular weight is 515 g/mol. The highest BCUT2D eigenvalue weighted by atomic mass is 32.2. The van der Waals surface area contributed by atoms with Crippen molar-refractivity contribution >= 4 is 33.9 Å². The minimum absolute atomic E-state index is 0.0252. The lowest BCUT2D eigenvalue weighted by molar-refractivity contribution is 0.0761. The Morgan fingerprint density at radius 2 is 1.76 bits per heavy atom. The van der Waals surface area contributed by atoms with Crippen molar-refractivity contribution in [2.24, 2.45) is 0 Å². The molecule has 4 aromatic rings. The van der Waals surface area contributed by atoms with Crippen molar-refractivity contribution in [3.63, 3.8) is 0 Å². The maximum absolute atomic E-state index is 13.2. The molecule has 0 radical (unpaired) electrons. The Morgan fingerprint density at radius 3 is 2.54 bits per heavy atom. The van der Waals surface area contributed by atoms with Gasteiger partial charge in [0.2, 0.25) is 4.90 Å². The molecule has 7 nitrogen and oxygen atoms in total. The zero-order valence-corrected chi connectivity index (χ0v) is 21.6. The SMILES string of the molecule is COc1ccc(CN2CCCN(C(=O)c3ccc(N[S+]([O-])c4cccc5cccnc45)cc3)CC2)cc1. The van der Waals surface area contributed by atoms with Gasteiger partial charge in [-0.15, -0.1) is 0 Å². The summed E-state index contributed by atoms with van der Waals surface area (Å²) in [6.07, 6.45) is 2.63. The number of nitrogens with one attached hydrogen (secondary N) is 1. The van der Waals surface area contributed by atoms with E-state index in [1.54, 1.807) is 37.6 Å². The van der Waals surface area contributed by atoms with Gasteiger partial charge in [-0.2, -0.15) is 0 Å². The van der Waals surface area contributed by atoms with Crippen LogP contribution >= 0.6 is 0 Å². The highest BCUT2D eigenvalue weighted by Gasteiger charge is 2.21. The number of rotatable bonds is 7. The Labute approximate surface area is 220 Å². The Morgan fingerprint density at radius 1 is 0.973 bits per heavy atom. The van der Waals surface area contributed by atoms with Crippen LogP contribution in [0.15, 0.2) is 90.0 Å². The Hall–Kier alpha value is -3.59. The predicted molar refractivity (Wildman–Crippen MR) is 147 cm³/mol. The second-order valence-corrected chi connectivity index (χ2v) is 10.2. The maximum atomic E-state index is 13.2. The minimum Gasteiger partial charge on any atom is -0.588 e. The van der Waals surface area contributed by atoms with Gasteiger partial charge in [-0.1, -0.05) is 30.3 Å². The number of methoxy groups -OCH3 is 1. The summed E-state index contributed by atoms with van der Waals surface area (Å²) in [5, 5.41) is 0.941. The molecule has 1 aliphatic heterocycles. The monoisotopic (exact) mass is 514 g/mol. The summed E-state index contributed by atoms with van der Waals surface area (Å²) in [5.74, 6) is 0.881. The van der Waals surface area contributed by atoms with E-state index in [0.29, 0.717) is 28.2 Å². The number of carbonyl (C=O) groups excluding carboxylic acids is 1. The standard InChI is InChI=1S/C29H30N4O3S/c1-36-26-14-8-22(9-15-26)21-32-17-4-18-33(20-19-32)29(34)24-10-12-25(13-11-24)31-37(35)27-7-2-5-23-6-3-16-30-28(23)27/h2-3,5-16,31H,4,17-21H2,1H3. The third-order valence-electron chi connectivity index (χ3n) is 6.58. The van der Waals surface area contributed by atoms with Crippen LogP contribution in [0.2, 0.25) is 0 Å². The summed E-state index contributed by atoms with van der Waals surface area (Å²) in [4.78, 5) is 22.5. The number of nitrogens with zero attached hydrogens (tertiary/aromatic N) is 3.